The van der Waals surface area contributed by atoms with Crippen molar-refractivity contribution >= 4 is 0 Å². The molecule has 3 nitrogen and oxygen atoms in total. The van der Waals surface area contributed by atoms with Gasteiger partial charge in [0.2, 0.25) is 0 Å². The Labute approximate surface area is 100 Å². The molecule has 0 unspecified atom stereocenters. The number of aliphatic hydroxyl groups is 1. The Balaban J connectivity index is 2.12. The number of aromatic hydroxyl groups is 1. The molecule has 1 aromatic rings. The summed E-state index contributed by atoms with van der Waals surface area (Å²) < 4.78 is 13.2. The molecule has 0 spiro atoms. The normalized spacial score (nSPS) is 20.4. The van der Waals surface area contributed by atoms with Crippen molar-refractivity contribution in [1.29, 1.82) is 0 Å². The van der Waals surface area contributed by atoms with Gasteiger partial charge in [0.15, 0.2) is 11.6 Å². The zero-order valence-electron chi connectivity index (χ0n) is 9.64. The van der Waals surface area contributed by atoms with E-state index in [0.717, 1.165) is 25.7 Å². The van der Waals surface area contributed by atoms with Gasteiger partial charge in [-0.25, -0.2) is 4.39 Å². The summed E-state index contributed by atoms with van der Waals surface area (Å²) in [4.78, 5) is 0. The molecule has 94 valence electrons. The monoisotopic (exact) mass is 239 g/mol. The van der Waals surface area contributed by atoms with E-state index < -0.39 is 23.7 Å². The van der Waals surface area contributed by atoms with Crippen molar-refractivity contribution in [1.82, 2.24) is 0 Å². The van der Waals surface area contributed by atoms with Crippen molar-refractivity contribution in [2.24, 2.45) is 11.7 Å². The quantitative estimate of drug-likeness (QED) is 0.756. The number of nitrogens with two attached hydrogens (primary N) is 1. The first-order valence-electron chi connectivity index (χ1n) is 6.01. The highest BCUT2D eigenvalue weighted by molar-refractivity contribution is 5.30. The zero-order chi connectivity index (χ0) is 12.4. The minimum absolute atomic E-state index is 0.210. The molecule has 1 aliphatic carbocycles. The third kappa shape index (κ3) is 2.58. The maximum absolute atomic E-state index is 13.2. The van der Waals surface area contributed by atoms with Crippen LogP contribution in [0.5, 0.6) is 5.75 Å². The Kier molecular flexibility index (Phi) is 3.64. The minimum atomic E-state index is -0.698. The third-order valence-electron chi connectivity index (χ3n) is 3.61. The van der Waals surface area contributed by atoms with Gasteiger partial charge in [0.05, 0.1) is 12.1 Å². The maximum Gasteiger partial charge on any atom is 0.165 e. The third-order valence-corrected chi connectivity index (χ3v) is 3.61. The van der Waals surface area contributed by atoms with Gasteiger partial charge in [-0.3, -0.25) is 0 Å². The summed E-state index contributed by atoms with van der Waals surface area (Å²) in [5, 5.41) is 19.2. The average molecular weight is 239 g/mol. The Hall–Kier alpha value is -1.13. The van der Waals surface area contributed by atoms with E-state index >= 15 is 0 Å². The van der Waals surface area contributed by atoms with Gasteiger partial charge in [0, 0.05) is 0 Å². The first kappa shape index (κ1) is 12.3. The Bertz CT molecular complexity index is 391. The van der Waals surface area contributed by atoms with Gasteiger partial charge in [0.25, 0.3) is 0 Å². The Morgan fingerprint density at radius 3 is 2.53 bits per heavy atom. The van der Waals surface area contributed by atoms with E-state index in [4.69, 9.17) is 10.8 Å². The predicted octanol–water partition coefficient (Wildman–Crippen LogP) is 2.08. The van der Waals surface area contributed by atoms with Crippen LogP contribution < -0.4 is 5.73 Å². The van der Waals surface area contributed by atoms with Gasteiger partial charge >= 0.3 is 0 Å². The van der Waals surface area contributed by atoms with E-state index in [1.165, 1.54) is 12.1 Å². The van der Waals surface area contributed by atoms with Crippen LogP contribution in [0.15, 0.2) is 18.2 Å². The summed E-state index contributed by atoms with van der Waals surface area (Å²) in [5.74, 6) is -0.880. The number of hydrogen-bond donors (Lipinski definition) is 3. The van der Waals surface area contributed by atoms with Crippen LogP contribution in [-0.4, -0.2) is 16.3 Å². The van der Waals surface area contributed by atoms with Crippen LogP contribution >= 0.6 is 0 Å². The summed E-state index contributed by atoms with van der Waals surface area (Å²) >= 11 is 0. The van der Waals surface area contributed by atoms with Crippen molar-refractivity contribution in [3.63, 3.8) is 0 Å². The van der Waals surface area contributed by atoms with E-state index in [1.807, 2.05) is 0 Å². The highest BCUT2D eigenvalue weighted by Crippen LogP contribution is 2.33. The van der Waals surface area contributed by atoms with Gasteiger partial charge in [-0.2, -0.15) is 0 Å². The molecule has 4 heteroatoms. The molecule has 1 saturated carbocycles. The largest absolute Gasteiger partial charge is 0.505 e. The molecule has 0 bridgehead atoms. The van der Waals surface area contributed by atoms with Crippen LogP contribution in [0.1, 0.15) is 37.3 Å². The molecule has 0 radical (unpaired) electrons. The first-order valence-corrected chi connectivity index (χ1v) is 6.01. The van der Waals surface area contributed by atoms with E-state index in [-0.39, 0.29) is 5.92 Å². The molecule has 0 heterocycles. The molecule has 0 aliphatic heterocycles. The van der Waals surface area contributed by atoms with Gasteiger partial charge in [-0.1, -0.05) is 18.9 Å². The predicted molar refractivity (Wildman–Crippen MR) is 63.0 cm³/mol. The summed E-state index contributed by atoms with van der Waals surface area (Å²) in [7, 11) is 0. The fourth-order valence-corrected chi connectivity index (χ4v) is 2.52. The van der Waals surface area contributed by atoms with Crippen molar-refractivity contribution < 1.29 is 14.6 Å². The maximum atomic E-state index is 13.2. The van der Waals surface area contributed by atoms with Crippen molar-refractivity contribution in [3.05, 3.63) is 29.6 Å². The minimum Gasteiger partial charge on any atom is -0.505 e. The summed E-state index contributed by atoms with van der Waals surface area (Å²) in [6.45, 7) is 0. The second kappa shape index (κ2) is 5.02. The smallest absolute Gasteiger partial charge is 0.165 e. The molecule has 0 saturated heterocycles. The molecule has 2 rings (SSSR count). The summed E-state index contributed by atoms with van der Waals surface area (Å²) in [6, 6.07) is 3.43. The highest BCUT2D eigenvalue weighted by Gasteiger charge is 2.29. The lowest BCUT2D eigenvalue weighted by atomic mass is 9.91. The number of aliphatic hydroxyl groups excluding tert-OH is 1. The fraction of sp³-hybridized carbons (Fsp3) is 0.538. The van der Waals surface area contributed by atoms with E-state index in [0.29, 0.717) is 5.56 Å². The van der Waals surface area contributed by atoms with Crippen molar-refractivity contribution in [2.45, 2.75) is 37.8 Å². The molecule has 0 amide bonds. The summed E-state index contributed by atoms with van der Waals surface area (Å²) in [5.41, 5.74) is 6.47. The molecular weight excluding hydrogens is 221 g/mol. The summed E-state index contributed by atoms with van der Waals surface area (Å²) in [6.07, 6.45) is 3.57. The molecule has 1 fully saturated rings. The molecule has 0 aromatic heterocycles. The van der Waals surface area contributed by atoms with Crippen molar-refractivity contribution in [2.75, 3.05) is 0 Å². The standard InChI is InChI=1S/C13H18FNO2/c14-10-7-9(5-6-11(10)16)12(15)13(17)8-3-1-2-4-8/h5-8,12-13,16-17H,1-4,15H2/t12-,13+/m1/s1. The molecule has 2 atom stereocenters. The molecule has 17 heavy (non-hydrogen) atoms. The van der Waals surface area contributed by atoms with Crippen LogP contribution in [0.2, 0.25) is 0 Å². The topological polar surface area (TPSA) is 66.5 Å². The zero-order valence-corrected chi connectivity index (χ0v) is 9.64. The molecule has 1 aliphatic rings. The molecule has 4 N–H and O–H groups in total. The van der Waals surface area contributed by atoms with Gasteiger partial charge in [0.1, 0.15) is 0 Å². The van der Waals surface area contributed by atoms with Gasteiger partial charge in [-0.15, -0.1) is 0 Å². The number of benzene rings is 1. The second-order valence-electron chi connectivity index (χ2n) is 4.77. The first-order chi connectivity index (χ1) is 8.09. The number of phenols is 1. The average Bonchev–Trinajstić information content (AvgIpc) is 2.84. The number of halogens is 1. The van der Waals surface area contributed by atoms with E-state index in [1.54, 1.807) is 6.07 Å². The Morgan fingerprint density at radius 1 is 1.29 bits per heavy atom. The highest BCUT2D eigenvalue weighted by atomic mass is 19.1. The van der Waals surface area contributed by atoms with E-state index in [2.05, 4.69) is 0 Å². The molecule has 1 aromatic carbocycles. The van der Waals surface area contributed by atoms with Crippen LogP contribution in [0.25, 0.3) is 0 Å². The fourth-order valence-electron chi connectivity index (χ4n) is 2.52. The van der Waals surface area contributed by atoms with Crippen LogP contribution in [0.3, 0.4) is 0 Å². The van der Waals surface area contributed by atoms with E-state index in [9.17, 15) is 9.50 Å². The number of hydrogen-bond acceptors (Lipinski definition) is 3. The SMILES string of the molecule is N[C@H](c1ccc(O)c(F)c1)[C@@H](O)C1CCCC1. The second-order valence-corrected chi connectivity index (χ2v) is 4.77. The number of phenolic OH excluding ortho intramolecular Hbond substituents is 1. The number of rotatable bonds is 3. The van der Waals surface area contributed by atoms with Crippen LogP contribution in [-0.2, 0) is 0 Å². The lowest BCUT2D eigenvalue weighted by Crippen LogP contribution is -2.31. The van der Waals surface area contributed by atoms with Gasteiger partial charge in [-0.05, 0) is 36.5 Å². The lowest BCUT2D eigenvalue weighted by molar-refractivity contribution is 0.0844. The van der Waals surface area contributed by atoms with Crippen LogP contribution in [0, 0.1) is 11.7 Å². The van der Waals surface area contributed by atoms with Gasteiger partial charge < -0.3 is 15.9 Å². The Morgan fingerprint density at radius 2 is 1.94 bits per heavy atom. The van der Waals surface area contributed by atoms with Crippen molar-refractivity contribution in [3.8, 4) is 5.75 Å². The van der Waals surface area contributed by atoms with Crippen LogP contribution in [0.4, 0.5) is 4.39 Å². The lowest BCUT2D eigenvalue weighted by Gasteiger charge is -2.24. The molecular formula is C13H18FNO2.